The molecule has 2 heterocycles. The summed E-state index contributed by atoms with van der Waals surface area (Å²) in [6.07, 6.45) is 5.52. The van der Waals surface area contributed by atoms with Gasteiger partial charge in [-0.3, -0.25) is 14.5 Å². The largest absolute Gasteiger partial charge is 0.361 e. The average molecular weight is 370 g/mol. The van der Waals surface area contributed by atoms with Crippen LogP contribution in [0, 0.1) is 0 Å². The number of benzene rings is 1. The van der Waals surface area contributed by atoms with Crippen LogP contribution < -0.4 is 10.6 Å². The third-order valence-electron chi connectivity index (χ3n) is 4.88. The molecule has 0 aliphatic carbocycles. The first-order valence-electron chi connectivity index (χ1n) is 9.53. The van der Waals surface area contributed by atoms with E-state index in [0.29, 0.717) is 19.5 Å². The molecule has 7 nitrogen and oxygen atoms in total. The van der Waals surface area contributed by atoms with Crippen molar-refractivity contribution in [2.24, 2.45) is 0 Å². The first-order chi connectivity index (χ1) is 13.1. The maximum atomic E-state index is 12.5. The molecular weight excluding hydrogens is 344 g/mol. The Balaban J connectivity index is 1.52. The SMILES string of the molecule is CCCCCNC(=O)C[C@@H]1NC(=O)N(CCc2c[nH]c3ccccc23)C1=O. The van der Waals surface area contributed by atoms with E-state index in [2.05, 4.69) is 22.5 Å². The topological polar surface area (TPSA) is 94.3 Å². The summed E-state index contributed by atoms with van der Waals surface area (Å²) in [4.78, 5) is 41.0. The van der Waals surface area contributed by atoms with Gasteiger partial charge in [-0.1, -0.05) is 38.0 Å². The monoisotopic (exact) mass is 370 g/mol. The number of urea groups is 1. The summed E-state index contributed by atoms with van der Waals surface area (Å²) in [5, 5.41) is 6.52. The fraction of sp³-hybridized carbons (Fsp3) is 0.450. The molecule has 0 bridgehead atoms. The summed E-state index contributed by atoms with van der Waals surface area (Å²) >= 11 is 0. The summed E-state index contributed by atoms with van der Waals surface area (Å²) < 4.78 is 0. The highest BCUT2D eigenvalue weighted by atomic mass is 16.2. The maximum Gasteiger partial charge on any atom is 0.324 e. The molecule has 7 heteroatoms. The number of hydrogen-bond donors (Lipinski definition) is 3. The molecule has 1 saturated heterocycles. The van der Waals surface area contributed by atoms with Crippen LogP contribution in [0.4, 0.5) is 4.79 Å². The van der Waals surface area contributed by atoms with Crippen LogP contribution in [0.15, 0.2) is 30.5 Å². The predicted octanol–water partition coefficient (Wildman–Crippen LogP) is 2.33. The number of aromatic amines is 1. The van der Waals surface area contributed by atoms with Crippen LogP contribution in [0.25, 0.3) is 10.9 Å². The van der Waals surface area contributed by atoms with E-state index in [1.807, 2.05) is 30.5 Å². The van der Waals surface area contributed by atoms with Crippen molar-refractivity contribution in [2.45, 2.75) is 45.1 Å². The van der Waals surface area contributed by atoms with E-state index >= 15 is 0 Å². The highest BCUT2D eigenvalue weighted by Crippen LogP contribution is 2.19. The molecule has 1 aromatic carbocycles. The van der Waals surface area contributed by atoms with Crippen molar-refractivity contribution < 1.29 is 14.4 Å². The zero-order valence-corrected chi connectivity index (χ0v) is 15.6. The first-order valence-corrected chi connectivity index (χ1v) is 9.53. The number of imide groups is 1. The lowest BCUT2D eigenvalue weighted by Crippen LogP contribution is -2.37. The summed E-state index contributed by atoms with van der Waals surface area (Å²) in [5.41, 5.74) is 2.09. The standard InChI is InChI=1S/C20H26N4O3/c1-2-3-6-10-21-18(25)12-17-19(26)24(20(27)23-17)11-9-14-13-22-16-8-5-4-7-15(14)16/h4-5,7-8,13,17,22H,2-3,6,9-12H2,1H3,(H,21,25)(H,23,27)/t17-/m0/s1. The highest BCUT2D eigenvalue weighted by molar-refractivity contribution is 6.05. The van der Waals surface area contributed by atoms with Crippen molar-refractivity contribution in [3.05, 3.63) is 36.0 Å². The maximum absolute atomic E-state index is 12.5. The number of nitrogens with zero attached hydrogens (tertiary/aromatic N) is 1. The quantitative estimate of drug-likeness (QED) is 0.467. The van der Waals surface area contributed by atoms with E-state index in [1.54, 1.807) is 0 Å². The molecular formula is C20H26N4O3. The van der Waals surface area contributed by atoms with Gasteiger partial charge in [0.2, 0.25) is 5.91 Å². The van der Waals surface area contributed by atoms with Gasteiger partial charge in [0.05, 0.1) is 6.42 Å². The minimum absolute atomic E-state index is 0.0136. The number of carbonyl (C=O) groups excluding carboxylic acids is 3. The Hall–Kier alpha value is -2.83. The lowest BCUT2D eigenvalue weighted by molar-refractivity contribution is -0.130. The van der Waals surface area contributed by atoms with Gasteiger partial charge in [0, 0.05) is 30.2 Å². The van der Waals surface area contributed by atoms with Crippen LogP contribution in [-0.2, 0) is 16.0 Å². The number of para-hydroxylation sites is 1. The third kappa shape index (κ3) is 4.48. The van der Waals surface area contributed by atoms with Gasteiger partial charge in [-0.2, -0.15) is 0 Å². The van der Waals surface area contributed by atoms with Crippen molar-refractivity contribution in [1.29, 1.82) is 0 Å². The molecule has 3 N–H and O–H groups in total. The Bertz CT molecular complexity index is 829. The van der Waals surface area contributed by atoms with Gasteiger partial charge in [0.15, 0.2) is 0 Å². The van der Waals surface area contributed by atoms with Gasteiger partial charge < -0.3 is 15.6 Å². The minimum Gasteiger partial charge on any atom is -0.361 e. The second kappa shape index (κ2) is 8.70. The number of amides is 4. The number of aromatic nitrogens is 1. The molecule has 1 aliphatic heterocycles. The van der Waals surface area contributed by atoms with E-state index in [0.717, 1.165) is 35.7 Å². The zero-order chi connectivity index (χ0) is 19.2. The van der Waals surface area contributed by atoms with Crippen LogP contribution in [0.3, 0.4) is 0 Å². The van der Waals surface area contributed by atoms with Gasteiger partial charge in [0.1, 0.15) is 6.04 Å². The Morgan fingerprint density at radius 1 is 1.22 bits per heavy atom. The summed E-state index contributed by atoms with van der Waals surface area (Å²) in [6.45, 7) is 2.99. The molecule has 0 radical (unpaired) electrons. The van der Waals surface area contributed by atoms with Gasteiger partial charge in [-0.05, 0) is 24.5 Å². The number of hydrogen-bond acceptors (Lipinski definition) is 3. The number of rotatable bonds is 9. The van der Waals surface area contributed by atoms with Crippen molar-refractivity contribution in [3.8, 4) is 0 Å². The fourth-order valence-electron chi connectivity index (χ4n) is 3.36. The Labute approximate surface area is 158 Å². The van der Waals surface area contributed by atoms with Crippen molar-refractivity contribution in [3.63, 3.8) is 0 Å². The summed E-state index contributed by atoms with van der Waals surface area (Å²) in [7, 11) is 0. The van der Waals surface area contributed by atoms with Crippen LogP contribution in [0.2, 0.25) is 0 Å². The molecule has 1 aliphatic rings. The Morgan fingerprint density at radius 3 is 2.85 bits per heavy atom. The first kappa shape index (κ1) is 18.9. The molecule has 1 aromatic heterocycles. The molecule has 27 heavy (non-hydrogen) atoms. The van der Waals surface area contributed by atoms with E-state index in [4.69, 9.17) is 0 Å². The molecule has 1 fully saturated rings. The van der Waals surface area contributed by atoms with E-state index in [9.17, 15) is 14.4 Å². The molecule has 3 rings (SSSR count). The highest BCUT2D eigenvalue weighted by Gasteiger charge is 2.38. The minimum atomic E-state index is -0.772. The van der Waals surface area contributed by atoms with E-state index in [1.165, 1.54) is 4.90 Å². The Morgan fingerprint density at radius 2 is 2.04 bits per heavy atom. The molecule has 2 aromatic rings. The average Bonchev–Trinajstić information content (AvgIpc) is 3.18. The molecule has 0 saturated carbocycles. The van der Waals surface area contributed by atoms with Crippen molar-refractivity contribution in [1.82, 2.24) is 20.5 Å². The number of unbranched alkanes of at least 4 members (excludes halogenated alkanes) is 2. The smallest absolute Gasteiger partial charge is 0.324 e. The molecule has 144 valence electrons. The number of H-pyrrole nitrogens is 1. The van der Waals surface area contributed by atoms with Crippen LogP contribution >= 0.6 is 0 Å². The number of fused-ring (bicyclic) bond motifs is 1. The van der Waals surface area contributed by atoms with Gasteiger partial charge in [-0.25, -0.2) is 4.79 Å². The van der Waals surface area contributed by atoms with Crippen LogP contribution in [-0.4, -0.2) is 46.9 Å². The summed E-state index contributed by atoms with van der Waals surface area (Å²) in [6, 6.07) is 6.72. The van der Waals surface area contributed by atoms with E-state index < -0.39 is 12.1 Å². The van der Waals surface area contributed by atoms with Gasteiger partial charge in [-0.15, -0.1) is 0 Å². The zero-order valence-electron chi connectivity index (χ0n) is 15.6. The predicted molar refractivity (Wildman–Crippen MR) is 103 cm³/mol. The van der Waals surface area contributed by atoms with Crippen LogP contribution in [0.1, 0.15) is 38.2 Å². The van der Waals surface area contributed by atoms with E-state index in [-0.39, 0.29) is 18.2 Å². The van der Waals surface area contributed by atoms with Gasteiger partial charge in [0.25, 0.3) is 5.91 Å². The normalized spacial score (nSPS) is 16.8. The second-order valence-corrected chi connectivity index (χ2v) is 6.86. The summed E-state index contributed by atoms with van der Waals surface area (Å²) in [5.74, 6) is -0.535. The van der Waals surface area contributed by atoms with Crippen molar-refractivity contribution in [2.75, 3.05) is 13.1 Å². The second-order valence-electron chi connectivity index (χ2n) is 6.86. The van der Waals surface area contributed by atoms with Crippen molar-refractivity contribution >= 4 is 28.7 Å². The third-order valence-corrected chi connectivity index (χ3v) is 4.88. The van der Waals surface area contributed by atoms with Gasteiger partial charge >= 0.3 is 6.03 Å². The number of carbonyl (C=O) groups is 3. The Kier molecular flexibility index (Phi) is 6.11. The molecule has 0 spiro atoms. The molecule has 1 atom stereocenters. The fourth-order valence-corrected chi connectivity index (χ4v) is 3.36. The number of nitrogens with one attached hydrogen (secondary N) is 3. The van der Waals surface area contributed by atoms with Crippen LogP contribution in [0.5, 0.6) is 0 Å². The lowest BCUT2D eigenvalue weighted by Gasteiger charge is -2.12. The molecule has 0 unspecified atom stereocenters. The lowest BCUT2D eigenvalue weighted by atomic mass is 10.1. The molecule has 4 amide bonds.